The van der Waals surface area contributed by atoms with Gasteiger partial charge in [0.05, 0.1) is 5.56 Å². The molecule has 1 atom stereocenters. The van der Waals surface area contributed by atoms with Gasteiger partial charge in [0, 0.05) is 37.1 Å². The fraction of sp³-hybridized carbons (Fsp3) is 0.467. The number of aromatic nitrogens is 3. The van der Waals surface area contributed by atoms with Gasteiger partial charge < -0.3 is 9.88 Å². The van der Waals surface area contributed by atoms with Gasteiger partial charge in [-0.25, -0.2) is 9.97 Å². The van der Waals surface area contributed by atoms with Crippen molar-refractivity contribution in [2.24, 2.45) is 0 Å². The number of hydrogen-bond donors (Lipinski definition) is 1. The van der Waals surface area contributed by atoms with E-state index in [0.717, 1.165) is 30.8 Å². The molecule has 1 saturated heterocycles. The molecule has 7 heteroatoms. The first kappa shape index (κ1) is 14.9. The minimum Gasteiger partial charge on any atom is -0.356 e. The minimum atomic E-state index is -4.35. The van der Waals surface area contributed by atoms with Gasteiger partial charge >= 0.3 is 6.18 Å². The minimum absolute atomic E-state index is 0.195. The van der Waals surface area contributed by atoms with Crippen LogP contribution < -0.4 is 4.90 Å². The van der Waals surface area contributed by atoms with Crippen LogP contribution in [0.4, 0.5) is 19.0 Å². The van der Waals surface area contributed by atoms with Crippen molar-refractivity contribution in [1.29, 1.82) is 0 Å². The van der Waals surface area contributed by atoms with E-state index >= 15 is 0 Å². The number of alkyl halides is 3. The van der Waals surface area contributed by atoms with Gasteiger partial charge in [-0.3, -0.25) is 0 Å². The maximum Gasteiger partial charge on any atom is 0.416 e. The van der Waals surface area contributed by atoms with Crippen LogP contribution in [0.5, 0.6) is 0 Å². The molecule has 0 bridgehead atoms. The molecule has 0 amide bonds. The number of nitrogens with one attached hydrogen (secondary N) is 1. The Morgan fingerprint density at radius 2 is 2.14 bits per heavy atom. The lowest BCUT2D eigenvalue weighted by atomic mass is 9.97. The first-order valence-corrected chi connectivity index (χ1v) is 7.23. The van der Waals surface area contributed by atoms with E-state index < -0.39 is 11.7 Å². The first-order valence-electron chi connectivity index (χ1n) is 7.23. The fourth-order valence-electron chi connectivity index (χ4n) is 2.89. The zero-order valence-corrected chi connectivity index (χ0v) is 12.2. The summed E-state index contributed by atoms with van der Waals surface area (Å²) in [5, 5.41) is 0. The Morgan fingerprint density at radius 1 is 1.32 bits per heavy atom. The van der Waals surface area contributed by atoms with Crippen molar-refractivity contribution in [2.45, 2.75) is 31.9 Å². The molecular formula is C15H17F3N4. The van der Waals surface area contributed by atoms with E-state index in [1.807, 2.05) is 4.90 Å². The molecule has 2 aromatic rings. The number of imidazole rings is 1. The Labute approximate surface area is 126 Å². The molecule has 0 unspecified atom stereocenters. The van der Waals surface area contributed by atoms with Crippen molar-refractivity contribution in [3.63, 3.8) is 0 Å². The summed E-state index contributed by atoms with van der Waals surface area (Å²) in [5.74, 6) is 1.47. The van der Waals surface area contributed by atoms with Crippen molar-refractivity contribution >= 4 is 5.82 Å². The van der Waals surface area contributed by atoms with Gasteiger partial charge in [-0.2, -0.15) is 13.2 Å². The van der Waals surface area contributed by atoms with Crippen LogP contribution in [0.3, 0.4) is 0 Å². The summed E-state index contributed by atoms with van der Waals surface area (Å²) in [5.41, 5.74) is -0.264. The van der Waals surface area contributed by atoms with Crippen LogP contribution in [0.1, 0.15) is 35.8 Å². The molecular weight excluding hydrogens is 293 g/mol. The molecule has 4 nitrogen and oxygen atoms in total. The van der Waals surface area contributed by atoms with Crippen molar-refractivity contribution in [2.75, 3.05) is 18.0 Å². The Balaban J connectivity index is 1.86. The average Bonchev–Trinajstić information content (AvgIpc) is 3.00. The molecule has 0 aliphatic carbocycles. The van der Waals surface area contributed by atoms with E-state index in [-0.39, 0.29) is 5.92 Å². The second kappa shape index (κ2) is 5.62. The van der Waals surface area contributed by atoms with Crippen LogP contribution in [0, 0.1) is 6.92 Å². The average molecular weight is 310 g/mol. The molecule has 118 valence electrons. The van der Waals surface area contributed by atoms with E-state index in [0.29, 0.717) is 24.6 Å². The van der Waals surface area contributed by atoms with Crippen molar-refractivity contribution < 1.29 is 13.2 Å². The summed E-state index contributed by atoms with van der Waals surface area (Å²) in [4.78, 5) is 13.5. The molecule has 1 fully saturated rings. The highest BCUT2D eigenvalue weighted by Gasteiger charge is 2.32. The number of nitrogens with zero attached hydrogens (tertiary/aromatic N) is 3. The molecule has 0 saturated carbocycles. The van der Waals surface area contributed by atoms with E-state index in [1.54, 1.807) is 19.3 Å². The first-order chi connectivity index (χ1) is 10.4. The number of aromatic amines is 1. The third kappa shape index (κ3) is 3.08. The van der Waals surface area contributed by atoms with Gasteiger partial charge in [-0.1, -0.05) is 0 Å². The maximum absolute atomic E-state index is 13.0. The number of hydrogen-bond acceptors (Lipinski definition) is 3. The quantitative estimate of drug-likeness (QED) is 0.923. The zero-order chi connectivity index (χ0) is 15.7. The van der Waals surface area contributed by atoms with Crippen molar-refractivity contribution in [1.82, 2.24) is 15.0 Å². The van der Waals surface area contributed by atoms with E-state index in [1.165, 1.54) is 0 Å². The predicted molar refractivity (Wildman–Crippen MR) is 76.8 cm³/mol. The van der Waals surface area contributed by atoms with Gasteiger partial charge in [-0.05, 0) is 31.9 Å². The summed E-state index contributed by atoms with van der Waals surface area (Å²) < 4.78 is 38.9. The van der Waals surface area contributed by atoms with Crippen LogP contribution >= 0.6 is 0 Å². The van der Waals surface area contributed by atoms with Crippen molar-refractivity contribution in [3.05, 3.63) is 41.6 Å². The number of halogens is 3. The largest absolute Gasteiger partial charge is 0.416 e. The Hall–Kier alpha value is -2.05. The Morgan fingerprint density at radius 3 is 2.82 bits per heavy atom. The predicted octanol–water partition coefficient (Wildman–Crippen LogP) is 3.52. The summed E-state index contributed by atoms with van der Waals surface area (Å²) in [6.07, 6.45) is 0.991. The Bertz CT molecular complexity index is 637. The number of anilines is 1. The Kier molecular flexibility index (Phi) is 3.80. The molecule has 3 rings (SSSR count). The number of pyridine rings is 1. The molecule has 3 heterocycles. The number of piperidine rings is 1. The van der Waals surface area contributed by atoms with E-state index in [9.17, 15) is 13.2 Å². The topological polar surface area (TPSA) is 44.8 Å². The number of aryl methyl sites for hydroxylation is 1. The van der Waals surface area contributed by atoms with E-state index in [4.69, 9.17) is 0 Å². The molecule has 22 heavy (non-hydrogen) atoms. The van der Waals surface area contributed by atoms with Crippen LogP contribution in [0.2, 0.25) is 0 Å². The fourth-order valence-corrected chi connectivity index (χ4v) is 2.89. The zero-order valence-electron chi connectivity index (χ0n) is 12.2. The van der Waals surface area contributed by atoms with Gasteiger partial charge in [0.1, 0.15) is 11.6 Å². The molecule has 1 aliphatic rings. The van der Waals surface area contributed by atoms with Crippen molar-refractivity contribution in [3.8, 4) is 0 Å². The van der Waals surface area contributed by atoms with E-state index in [2.05, 4.69) is 15.0 Å². The second-order valence-corrected chi connectivity index (χ2v) is 5.61. The van der Waals surface area contributed by atoms with Gasteiger partial charge in [0.15, 0.2) is 0 Å². The highest BCUT2D eigenvalue weighted by Crippen LogP contribution is 2.33. The highest BCUT2D eigenvalue weighted by molar-refractivity contribution is 5.44. The normalized spacial score (nSPS) is 19.5. The monoisotopic (exact) mass is 310 g/mol. The third-order valence-electron chi connectivity index (χ3n) is 3.92. The van der Waals surface area contributed by atoms with Crippen LogP contribution in [0.25, 0.3) is 0 Å². The number of rotatable bonds is 2. The van der Waals surface area contributed by atoms with Crippen LogP contribution in [-0.4, -0.2) is 28.0 Å². The van der Waals surface area contributed by atoms with Gasteiger partial charge in [0.2, 0.25) is 0 Å². The lowest BCUT2D eigenvalue weighted by Gasteiger charge is -2.33. The highest BCUT2D eigenvalue weighted by atomic mass is 19.4. The maximum atomic E-state index is 13.0. The molecule has 0 aromatic carbocycles. The lowest BCUT2D eigenvalue weighted by Crippen LogP contribution is -2.35. The molecule has 0 radical (unpaired) electrons. The van der Waals surface area contributed by atoms with Gasteiger partial charge in [-0.15, -0.1) is 0 Å². The number of H-pyrrole nitrogens is 1. The van der Waals surface area contributed by atoms with Gasteiger partial charge in [0.25, 0.3) is 0 Å². The standard InChI is InChI=1S/C15H17F3N4/c1-10-7-12(15(16,17)18)8-13(21-10)22-6-2-3-11(9-22)14-19-4-5-20-14/h4-5,7-8,11H,2-3,6,9H2,1H3,(H,19,20)/t11-/m1/s1. The second-order valence-electron chi connectivity index (χ2n) is 5.61. The summed E-state index contributed by atoms with van der Waals surface area (Å²) >= 11 is 0. The summed E-state index contributed by atoms with van der Waals surface area (Å²) in [6.45, 7) is 2.93. The van der Waals surface area contributed by atoms with Crippen LogP contribution in [-0.2, 0) is 6.18 Å². The summed E-state index contributed by atoms with van der Waals surface area (Å²) in [7, 11) is 0. The smallest absolute Gasteiger partial charge is 0.356 e. The SMILES string of the molecule is Cc1cc(C(F)(F)F)cc(N2CCC[C@@H](c3ncc[nH]3)C2)n1. The molecule has 1 aliphatic heterocycles. The summed E-state index contributed by atoms with van der Waals surface area (Å²) in [6, 6.07) is 2.22. The molecule has 1 N–H and O–H groups in total. The van der Waals surface area contributed by atoms with Crippen LogP contribution in [0.15, 0.2) is 24.5 Å². The third-order valence-corrected chi connectivity index (χ3v) is 3.92. The molecule has 0 spiro atoms. The molecule has 2 aromatic heterocycles. The lowest BCUT2D eigenvalue weighted by molar-refractivity contribution is -0.137.